The van der Waals surface area contributed by atoms with Crippen LogP contribution in [-0.4, -0.2) is 45.4 Å². The van der Waals surface area contributed by atoms with Gasteiger partial charge in [-0.2, -0.15) is 0 Å². The first kappa shape index (κ1) is 17.4. The lowest BCUT2D eigenvalue weighted by Crippen LogP contribution is -2.40. The van der Waals surface area contributed by atoms with Crippen molar-refractivity contribution in [2.45, 2.75) is 45.1 Å². The number of hydrogen-bond donors (Lipinski definition) is 2. The van der Waals surface area contributed by atoms with E-state index in [0.29, 0.717) is 19.1 Å². The van der Waals surface area contributed by atoms with Crippen LogP contribution in [0, 0.1) is 11.8 Å². The van der Waals surface area contributed by atoms with E-state index in [-0.39, 0.29) is 17.9 Å². The van der Waals surface area contributed by atoms with Gasteiger partial charge in [0.25, 0.3) is 0 Å². The number of unbranched alkanes of at least 4 members (excludes halogenated alkanes) is 1. The predicted molar refractivity (Wildman–Crippen MR) is 79.4 cm³/mol. The number of carbonyl (C=O) groups is 1. The van der Waals surface area contributed by atoms with Crippen molar-refractivity contribution in [3.05, 3.63) is 0 Å². The number of methoxy groups -OCH3 is 1. The maximum atomic E-state index is 12.0. The average Bonchev–Trinajstić information content (AvgIpc) is 2.44. The summed E-state index contributed by atoms with van der Waals surface area (Å²) in [6, 6.07) is 0.267. The molecular formula is C15H30N2O3. The first-order valence-corrected chi connectivity index (χ1v) is 7.75. The van der Waals surface area contributed by atoms with E-state index in [9.17, 15) is 4.79 Å². The van der Waals surface area contributed by atoms with E-state index in [1.807, 2.05) is 0 Å². The Morgan fingerprint density at radius 1 is 1.25 bits per heavy atom. The van der Waals surface area contributed by atoms with Crippen LogP contribution in [0.2, 0.25) is 0 Å². The molecule has 0 radical (unpaired) electrons. The predicted octanol–water partition coefficient (Wildman–Crippen LogP) is 1.31. The highest BCUT2D eigenvalue weighted by molar-refractivity contribution is 5.78. The molecule has 1 rings (SSSR count). The molecule has 1 aliphatic rings. The maximum Gasteiger partial charge on any atom is 0.223 e. The highest BCUT2D eigenvalue weighted by atomic mass is 16.5. The van der Waals surface area contributed by atoms with Gasteiger partial charge in [0.15, 0.2) is 0 Å². The molecule has 5 nitrogen and oxygen atoms in total. The van der Waals surface area contributed by atoms with Crippen molar-refractivity contribution in [1.29, 1.82) is 0 Å². The molecule has 3 N–H and O–H groups in total. The van der Waals surface area contributed by atoms with E-state index in [1.165, 1.54) is 0 Å². The molecule has 0 aromatic rings. The Bertz CT molecular complexity index is 274. The molecule has 0 aromatic heterocycles. The molecule has 0 spiro atoms. The van der Waals surface area contributed by atoms with E-state index in [1.54, 1.807) is 7.11 Å². The summed E-state index contributed by atoms with van der Waals surface area (Å²) in [5, 5.41) is 3.03. The molecule has 3 atom stereocenters. The Kier molecular flexibility index (Phi) is 8.82. The SMILES string of the molecule is COCCOCCCCNC(=O)C1CCC(N)C(C)C1. The van der Waals surface area contributed by atoms with Crippen LogP contribution in [0.5, 0.6) is 0 Å². The quantitative estimate of drug-likeness (QED) is 0.627. The van der Waals surface area contributed by atoms with Crippen molar-refractivity contribution in [2.75, 3.05) is 33.5 Å². The van der Waals surface area contributed by atoms with Crippen molar-refractivity contribution in [3.63, 3.8) is 0 Å². The van der Waals surface area contributed by atoms with Crippen LogP contribution in [0.4, 0.5) is 0 Å². The Morgan fingerprint density at radius 3 is 2.75 bits per heavy atom. The minimum absolute atomic E-state index is 0.155. The van der Waals surface area contributed by atoms with Crippen LogP contribution in [-0.2, 0) is 14.3 Å². The molecule has 1 fully saturated rings. The topological polar surface area (TPSA) is 73.6 Å². The molecule has 5 heteroatoms. The molecule has 1 amide bonds. The zero-order valence-electron chi connectivity index (χ0n) is 12.9. The summed E-state index contributed by atoms with van der Waals surface area (Å²) >= 11 is 0. The smallest absolute Gasteiger partial charge is 0.223 e. The molecule has 0 aromatic carbocycles. The molecule has 0 aliphatic heterocycles. The van der Waals surface area contributed by atoms with Gasteiger partial charge in [0.1, 0.15) is 0 Å². The van der Waals surface area contributed by atoms with Gasteiger partial charge in [-0.3, -0.25) is 4.79 Å². The van der Waals surface area contributed by atoms with Gasteiger partial charge in [-0.1, -0.05) is 6.92 Å². The summed E-state index contributed by atoms with van der Waals surface area (Å²) in [5.41, 5.74) is 5.98. The van der Waals surface area contributed by atoms with Crippen LogP contribution in [0.3, 0.4) is 0 Å². The standard InChI is InChI=1S/C15H30N2O3/c1-12-11-13(5-6-14(12)16)15(18)17-7-3-4-8-20-10-9-19-2/h12-14H,3-11,16H2,1-2H3,(H,17,18). The van der Waals surface area contributed by atoms with E-state index in [0.717, 1.165) is 45.3 Å². The van der Waals surface area contributed by atoms with Gasteiger partial charge < -0.3 is 20.5 Å². The highest BCUT2D eigenvalue weighted by Crippen LogP contribution is 2.27. The maximum absolute atomic E-state index is 12.0. The van der Waals surface area contributed by atoms with Gasteiger partial charge in [0, 0.05) is 32.2 Å². The van der Waals surface area contributed by atoms with Crippen LogP contribution in [0.15, 0.2) is 0 Å². The molecule has 118 valence electrons. The fraction of sp³-hybridized carbons (Fsp3) is 0.933. The Morgan fingerprint density at radius 2 is 2.05 bits per heavy atom. The molecule has 0 heterocycles. The van der Waals surface area contributed by atoms with Crippen LogP contribution < -0.4 is 11.1 Å². The van der Waals surface area contributed by atoms with Gasteiger partial charge in [-0.25, -0.2) is 0 Å². The van der Waals surface area contributed by atoms with Gasteiger partial charge in [0.05, 0.1) is 13.2 Å². The van der Waals surface area contributed by atoms with Crippen LogP contribution in [0.25, 0.3) is 0 Å². The minimum atomic E-state index is 0.155. The fourth-order valence-corrected chi connectivity index (χ4v) is 2.59. The summed E-state index contributed by atoms with van der Waals surface area (Å²) in [6.07, 6.45) is 4.74. The average molecular weight is 286 g/mol. The molecule has 1 aliphatic carbocycles. The number of amides is 1. The number of rotatable bonds is 9. The van der Waals surface area contributed by atoms with Crippen molar-refractivity contribution in [1.82, 2.24) is 5.32 Å². The third-order valence-electron chi connectivity index (χ3n) is 4.05. The number of carbonyl (C=O) groups excluding carboxylic acids is 1. The largest absolute Gasteiger partial charge is 0.382 e. The summed E-state index contributed by atoms with van der Waals surface area (Å²) in [5.74, 6) is 0.806. The number of nitrogens with two attached hydrogens (primary N) is 1. The highest BCUT2D eigenvalue weighted by Gasteiger charge is 2.29. The van der Waals surface area contributed by atoms with Gasteiger partial charge >= 0.3 is 0 Å². The van der Waals surface area contributed by atoms with Gasteiger partial charge in [-0.15, -0.1) is 0 Å². The first-order chi connectivity index (χ1) is 9.65. The summed E-state index contributed by atoms with van der Waals surface area (Å²) in [6.45, 7) is 4.89. The van der Waals surface area contributed by atoms with Crippen LogP contribution in [0.1, 0.15) is 39.0 Å². The molecule has 3 unspecified atom stereocenters. The van der Waals surface area contributed by atoms with Crippen LogP contribution >= 0.6 is 0 Å². The molecule has 1 saturated carbocycles. The van der Waals surface area contributed by atoms with Crippen molar-refractivity contribution in [3.8, 4) is 0 Å². The van der Waals surface area contributed by atoms with Gasteiger partial charge in [-0.05, 0) is 38.0 Å². The first-order valence-electron chi connectivity index (χ1n) is 7.75. The number of hydrogen-bond acceptors (Lipinski definition) is 4. The number of nitrogens with one attached hydrogen (secondary N) is 1. The fourth-order valence-electron chi connectivity index (χ4n) is 2.59. The van der Waals surface area contributed by atoms with Crippen molar-refractivity contribution < 1.29 is 14.3 Å². The summed E-state index contributed by atoms with van der Waals surface area (Å²) in [4.78, 5) is 12.0. The summed E-state index contributed by atoms with van der Waals surface area (Å²) < 4.78 is 10.3. The Hall–Kier alpha value is -0.650. The van der Waals surface area contributed by atoms with E-state index >= 15 is 0 Å². The second-order valence-corrected chi connectivity index (χ2v) is 5.75. The van der Waals surface area contributed by atoms with Gasteiger partial charge in [0.2, 0.25) is 5.91 Å². The normalized spacial score (nSPS) is 26.4. The Balaban J connectivity index is 2.00. The molecule has 0 bridgehead atoms. The lowest BCUT2D eigenvalue weighted by molar-refractivity contribution is -0.126. The molecule has 0 saturated heterocycles. The molecule has 20 heavy (non-hydrogen) atoms. The monoisotopic (exact) mass is 286 g/mol. The van der Waals surface area contributed by atoms with E-state index < -0.39 is 0 Å². The zero-order valence-corrected chi connectivity index (χ0v) is 12.9. The van der Waals surface area contributed by atoms with E-state index in [2.05, 4.69) is 12.2 Å². The Labute approximate surface area is 122 Å². The van der Waals surface area contributed by atoms with Crippen molar-refractivity contribution >= 4 is 5.91 Å². The zero-order chi connectivity index (χ0) is 14.8. The second-order valence-electron chi connectivity index (χ2n) is 5.75. The van der Waals surface area contributed by atoms with E-state index in [4.69, 9.17) is 15.2 Å². The minimum Gasteiger partial charge on any atom is -0.382 e. The van der Waals surface area contributed by atoms with Crippen molar-refractivity contribution in [2.24, 2.45) is 17.6 Å². The lowest BCUT2D eigenvalue weighted by Gasteiger charge is -2.31. The summed E-state index contributed by atoms with van der Waals surface area (Å²) in [7, 11) is 1.66. The third-order valence-corrected chi connectivity index (χ3v) is 4.05. The second kappa shape index (κ2) is 10.1. The number of ether oxygens (including phenoxy) is 2. The molecular weight excluding hydrogens is 256 g/mol. The lowest BCUT2D eigenvalue weighted by atomic mass is 9.79. The third kappa shape index (κ3) is 6.68.